The van der Waals surface area contributed by atoms with Gasteiger partial charge in [0.15, 0.2) is 0 Å². The zero-order valence-corrected chi connectivity index (χ0v) is 11.0. The molecule has 0 radical (unpaired) electrons. The number of hydrogen-bond acceptors (Lipinski definition) is 5. The summed E-state index contributed by atoms with van der Waals surface area (Å²) in [5.74, 6) is 0.240. The number of rotatable bonds is 4. The number of carbonyl (C=O) groups is 1. The van der Waals surface area contributed by atoms with Gasteiger partial charge in [-0.3, -0.25) is 4.79 Å². The molecule has 2 heterocycles. The van der Waals surface area contributed by atoms with E-state index in [1.54, 1.807) is 24.5 Å². The Kier molecular flexibility index (Phi) is 4.00. The summed E-state index contributed by atoms with van der Waals surface area (Å²) in [6.07, 6.45) is 3.23. The molecule has 0 aliphatic rings. The molecule has 18 heavy (non-hydrogen) atoms. The second-order valence-corrected chi connectivity index (χ2v) is 4.35. The van der Waals surface area contributed by atoms with Gasteiger partial charge in [0.25, 0.3) is 0 Å². The van der Waals surface area contributed by atoms with Crippen LogP contribution in [0.15, 0.2) is 29.0 Å². The Morgan fingerprint density at radius 2 is 2.39 bits per heavy atom. The van der Waals surface area contributed by atoms with Crippen LogP contribution >= 0.6 is 15.9 Å². The SMILES string of the molecule is NCc1cn(CC(=O)Nc2ncccc2Br)nn1. The monoisotopic (exact) mass is 310 g/mol. The molecule has 0 saturated heterocycles. The van der Waals surface area contributed by atoms with Crippen molar-refractivity contribution in [2.75, 3.05) is 5.32 Å². The molecule has 2 aromatic heterocycles. The van der Waals surface area contributed by atoms with E-state index >= 15 is 0 Å². The molecule has 0 aliphatic heterocycles. The van der Waals surface area contributed by atoms with Crippen LogP contribution in [-0.2, 0) is 17.9 Å². The summed E-state index contributed by atoms with van der Waals surface area (Å²) >= 11 is 3.30. The van der Waals surface area contributed by atoms with Crippen LogP contribution in [0, 0.1) is 0 Å². The molecule has 8 heteroatoms. The predicted octanol–water partition coefficient (Wildman–Crippen LogP) is 0.533. The van der Waals surface area contributed by atoms with Gasteiger partial charge < -0.3 is 11.1 Å². The fourth-order valence-electron chi connectivity index (χ4n) is 1.31. The molecule has 2 rings (SSSR count). The summed E-state index contributed by atoms with van der Waals surface area (Å²) in [5.41, 5.74) is 6.05. The zero-order valence-electron chi connectivity index (χ0n) is 9.38. The van der Waals surface area contributed by atoms with Crippen LogP contribution in [0.25, 0.3) is 0 Å². The smallest absolute Gasteiger partial charge is 0.247 e. The van der Waals surface area contributed by atoms with E-state index in [2.05, 4.69) is 36.5 Å². The van der Waals surface area contributed by atoms with Gasteiger partial charge in [-0.25, -0.2) is 9.67 Å². The fourth-order valence-corrected chi connectivity index (χ4v) is 1.66. The molecule has 0 unspecified atom stereocenters. The van der Waals surface area contributed by atoms with Gasteiger partial charge >= 0.3 is 0 Å². The third kappa shape index (κ3) is 3.11. The van der Waals surface area contributed by atoms with E-state index < -0.39 is 0 Å². The largest absolute Gasteiger partial charge is 0.325 e. The number of nitrogens with one attached hydrogen (secondary N) is 1. The molecule has 94 valence electrons. The maximum atomic E-state index is 11.7. The maximum Gasteiger partial charge on any atom is 0.247 e. The Morgan fingerprint density at radius 3 is 3.06 bits per heavy atom. The molecule has 7 nitrogen and oxygen atoms in total. The van der Waals surface area contributed by atoms with Crippen LogP contribution in [0.2, 0.25) is 0 Å². The lowest BCUT2D eigenvalue weighted by atomic mass is 10.4. The Balaban J connectivity index is 1.99. The standard InChI is InChI=1S/C10H11BrN6O/c11-8-2-1-3-13-10(8)14-9(18)6-17-5-7(4-12)15-16-17/h1-3,5H,4,6,12H2,(H,13,14,18). The van der Waals surface area contributed by atoms with Crippen molar-refractivity contribution in [2.45, 2.75) is 13.1 Å². The third-order valence-corrected chi connectivity index (χ3v) is 2.76. The Hall–Kier alpha value is -1.80. The number of halogens is 1. The molecule has 3 N–H and O–H groups in total. The highest BCUT2D eigenvalue weighted by atomic mass is 79.9. The van der Waals surface area contributed by atoms with Gasteiger partial charge in [-0.05, 0) is 28.1 Å². The highest BCUT2D eigenvalue weighted by Crippen LogP contribution is 2.17. The maximum absolute atomic E-state index is 11.7. The Labute approximate surface area is 112 Å². The first kappa shape index (κ1) is 12.7. The minimum atomic E-state index is -0.233. The minimum absolute atomic E-state index is 0.0655. The summed E-state index contributed by atoms with van der Waals surface area (Å²) in [6, 6.07) is 3.56. The van der Waals surface area contributed by atoms with Crippen LogP contribution in [-0.4, -0.2) is 25.9 Å². The second-order valence-electron chi connectivity index (χ2n) is 3.49. The van der Waals surface area contributed by atoms with Crippen molar-refractivity contribution in [1.82, 2.24) is 20.0 Å². The number of anilines is 1. The van der Waals surface area contributed by atoms with Crippen molar-refractivity contribution >= 4 is 27.7 Å². The lowest BCUT2D eigenvalue weighted by Crippen LogP contribution is -2.20. The molecular formula is C10H11BrN6O. The topological polar surface area (TPSA) is 98.7 Å². The van der Waals surface area contributed by atoms with Crippen molar-refractivity contribution < 1.29 is 4.79 Å². The van der Waals surface area contributed by atoms with Crippen molar-refractivity contribution in [2.24, 2.45) is 5.73 Å². The van der Waals surface area contributed by atoms with Crippen LogP contribution in [0.1, 0.15) is 5.69 Å². The first-order chi connectivity index (χ1) is 8.69. The summed E-state index contributed by atoms with van der Waals surface area (Å²) in [5, 5.41) is 10.2. The number of nitrogens with two attached hydrogens (primary N) is 1. The molecule has 0 bridgehead atoms. The molecule has 0 spiro atoms. The molecule has 2 aromatic rings. The number of aromatic nitrogens is 4. The minimum Gasteiger partial charge on any atom is -0.325 e. The number of amides is 1. The van der Waals surface area contributed by atoms with Gasteiger partial charge in [-0.1, -0.05) is 5.21 Å². The van der Waals surface area contributed by atoms with E-state index in [0.29, 0.717) is 18.1 Å². The second kappa shape index (κ2) is 5.69. The van der Waals surface area contributed by atoms with E-state index in [1.807, 2.05) is 0 Å². The van der Waals surface area contributed by atoms with Crippen LogP contribution < -0.4 is 11.1 Å². The van der Waals surface area contributed by atoms with Gasteiger partial charge in [0, 0.05) is 12.7 Å². The number of hydrogen-bond donors (Lipinski definition) is 2. The van der Waals surface area contributed by atoms with Crippen molar-refractivity contribution in [1.29, 1.82) is 0 Å². The van der Waals surface area contributed by atoms with Crippen LogP contribution in [0.4, 0.5) is 5.82 Å². The van der Waals surface area contributed by atoms with Crippen molar-refractivity contribution in [3.05, 3.63) is 34.7 Å². The van der Waals surface area contributed by atoms with Crippen molar-refractivity contribution in [3.63, 3.8) is 0 Å². The lowest BCUT2D eigenvalue weighted by molar-refractivity contribution is -0.117. The van der Waals surface area contributed by atoms with Gasteiger partial charge in [-0.15, -0.1) is 5.10 Å². The zero-order chi connectivity index (χ0) is 13.0. The van der Waals surface area contributed by atoms with E-state index in [0.717, 1.165) is 4.47 Å². The van der Waals surface area contributed by atoms with Gasteiger partial charge in [0.05, 0.1) is 16.4 Å². The lowest BCUT2D eigenvalue weighted by Gasteiger charge is -2.05. The van der Waals surface area contributed by atoms with E-state index in [4.69, 9.17) is 5.73 Å². The average Bonchev–Trinajstić information content (AvgIpc) is 2.80. The summed E-state index contributed by atoms with van der Waals surface area (Å²) in [4.78, 5) is 15.8. The fraction of sp³-hybridized carbons (Fsp3) is 0.200. The van der Waals surface area contributed by atoms with Gasteiger partial charge in [0.1, 0.15) is 12.4 Å². The van der Waals surface area contributed by atoms with Gasteiger partial charge in [-0.2, -0.15) is 0 Å². The first-order valence-electron chi connectivity index (χ1n) is 5.18. The number of carbonyl (C=O) groups excluding carboxylic acids is 1. The normalized spacial score (nSPS) is 10.3. The molecular weight excluding hydrogens is 300 g/mol. The van der Waals surface area contributed by atoms with E-state index in [1.165, 1.54) is 4.68 Å². The molecule has 0 aromatic carbocycles. The Bertz CT molecular complexity index is 555. The molecule has 0 atom stereocenters. The van der Waals surface area contributed by atoms with Crippen molar-refractivity contribution in [3.8, 4) is 0 Å². The molecule has 0 saturated carbocycles. The summed E-state index contributed by atoms with van der Waals surface area (Å²) in [6.45, 7) is 0.365. The summed E-state index contributed by atoms with van der Waals surface area (Å²) < 4.78 is 2.15. The summed E-state index contributed by atoms with van der Waals surface area (Å²) in [7, 11) is 0. The van der Waals surface area contributed by atoms with E-state index in [-0.39, 0.29) is 12.5 Å². The highest BCUT2D eigenvalue weighted by Gasteiger charge is 2.08. The first-order valence-corrected chi connectivity index (χ1v) is 5.98. The van der Waals surface area contributed by atoms with Gasteiger partial charge in [0.2, 0.25) is 5.91 Å². The molecule has 0 aliphatic carbocycles. The third-order valence-electron chi connectivity index (χ3n) is 2.12. The van der Waals surface area contributed by atoms with Crippen LogP contribution in [0.5, 0.6) is 0 Å². The highest BCUT2D eigenvalue weighted by molar-refractivity contribution is 9.10. The number of nitrogens with zero attached hydrogens (tertiary/aromatic N) is 4. The number of pyridine rings is 1. The predicted molar refractivity (Wildman–Crippen MR) is 68.5 cm³/mol. The van der Waals surface area contributed by atoms with E-state index in [9.17, 15) is 4.79 Å². The Morgan fingerprint density at radius 1 is 1.56 bits per heavy atom. The van der Waals surface area contributed by atoms with Crippen LogP contribution in [0.3, 0.4) is 0 Å². The molecule has 0 fully saturated rings. The molecule has 1 amide bonds. The quantitative estimate of drug-likeness (QED) is 0.858. The average molecular weight is 311 g/mol.